The van der Waals surface area contributed by atoms with Gasteiger partial charge in [0.05, 0.1) is 16.7 Å². The summed E-state index contributed by atoms with van der Waals surface area (Å²) in [6.45, 7) is 4.39. The van der Waals surface area contributed by atoms with Gasteiger partial charge in [0.25, 0.3) is 0 Å². The van der Waals surface area contributed by atoms with Crippen LogP contribution in [0.25, 0.3) is 95.0 Å². The third-order valence-corrected chi connectivity index (χ3v) is 19.9. The van der Waals surface area contributed by atoms with Crippen LogP contribution in [0.4, 0.5) is 0 Å². The Morgan fingerprint density at radius 2 is 0.658 bits per heavy atom. The van der Waals surface area contributed by atoms with Gasteiger partial charge >= 0.3 is 0 Å². The highest BCUT2D eigenvalue weighted by molar-refractivity contribution is 7.19. The number of hydrogen-bond acceptors (Lipinski definition) is 3. The van der Waals surface area contributed by atoms with E-state index in [-0.39, 0.29) is 0 Å². The molecule has 2 aromatic heterocycles. The number of aryl methyl sites for hydroxylation is 2. The largest absolute Gasteiger partial charge is 0.308 e. The highest BCUT2D eigenvalue weighted by Crippen LogP contribution is 2.41. The van der Waals surface area contributed by atoms with Gasteiger partial charge in [-0.05, 0) is 116 Å². The minimum atomic E-state index is -2.85. The third-order valence-electron chi connectivity index (χ3n) is 15.1. The van der Waals surface area contributed by atoms with Gasteiger partial charge in [0.2, 0.25) is 0 Å². The number of hydrogen-bond donors (Lipinski definition) is 0. The van der Waals surface area contributed by atoms with Gasteiger partial charge in [0.15, 0.2) is 25.5 Å². The van der Waals surface area contributed by atoms with E-state index < -0.39 is 8.07 Å². The van der Waals surface area contributed by atoms with Crippen LogP contribution in [-0.2, 0) is 0 Å². The SMILES string of the molecule is Cc1ccccc1-c1ccc2c(c1)c1cc(-c3ccccc3C)ccc1n2-c1cc(-c2cccc([Si](c3ccccc3)(c3ccccc3)c3ccccc3)c2)ccc1-c1nc(-c2ccccc2)nc(-c2ccccc2)n1. The molecule has 0 atom stereocenters. The molecule has 0 saturated heterocycles. The predicted molar refractivity (Wildman–Crippen MR) is 320 cm³/mol. The van der Waals surface area contributed by atoms with Crippen LogP contribution in [0.3, 0.4) is 0 Å². The van der Waals surface area contributed by atoms with E-state index in [0.717, 1.165) is 44.5 Å². The van der Waals surface area contributed by atoms with Crippen molar-refractivity contribution in [3.8, 4) is 73.2 Å². The van der Waals surface area contributed by atoms with Crippen molar-refractivity contribution in [2.75, 3.05) is 0 Å². The Bertz CT molecular complexity index is 3970. The van der Waals surface area contributed by atoms with Crippen LogP contribution in [0.5, 0.6) is 0 Å². The van der Waals surface area contributed by atoms with Crippen molar-refractivity contribution in [2.45, 2.75) is 13.8 Å². The van der Waals surface area contributed by atoms with Crippen LogP contribution in [0.2, 0.25) is 0 Å². The molecule has 0 spiro atoms. The maximum absolute atomic E-state index is 5.38. The van der Waals surface area contributed by atoms with E-state index in [0.29, 0.717) is 17.5 Å². The number of rotatable bonds is 11. The Labute approximate surface area is 445 Å². The van der Waals surface area contributed by atoms with Gasteiger partial charge < -0.3 is 4.57 Å². The Balaban J connectivity index is 1.10. The summed E-state index contributed by atoms with van der Waals surface area (Å²) in [5.41, 5.74) is 15.4. The van der Waals surface area contributed by atoms with Gasteiger partial charge in [-0.2, -0.15) is 0 Å². The lowest BCUT2D eigenvalue weighted by molar-refractivity contribution is 1.06. The van der Waals surface area contributed by atoms with Gasteiger partial charge in [-0.3, -0.25) is 0 Å². The standard InChI is InChI=1S/C71H52N4Si/c1-49-23-18-20-37-61(49)55-40-43-66-64(46-55)65-47-56(62-38-21-19-24-50(62)2)41-44-67(65)75(66)68-48-54(39-42-63(68)71-73-69(51-25-8-3-9-26-51)72-70(74-71)52-27-10-4-11-28-52)53-29-22-36-60(45-53)76(57-30-12-5-13-31-57,58-32-14-6-15-33-58)59-34-16-7-17-35-59/h3-48H,1-2H3. The fourth-order valence-corrected chi connectivity index (χ4v) is 16.2. The molecule has 0 radical (unpaired) electrons. The van der Waals surface area contributed by atoms with Crippen molar-refractivity contribution >= 4 is 50.6 Å². The van der Waals surface area contributed by atoms with E-state index in [1.165, 1.54) is 64.9 Å². The summed E-state index contributed by atoms with van der Waals surface area (Å²) in [5.74, 6) is 1.82. The van der Waals surface area contributed by atoms with E-state index in [1.807, 2.05) is 36.4 Å². The van der Waals surface area contributed by atoms with Crippen molar-refractivity contribution < 1.29 is 0 Å². The zero-order chi connectivity index (χ0) is 51.0. The van der Waals surface area contributed by atoms with Crippen LogP contribution < -0.4 is 20.7 Å². The zero-order valence-corrected chi connectivity index (χ0v) is 43.3. The molecule has 0 bridgehead atoms. The second-order valence-electron chi connectivity index (χ2n) is 19.6. The van der Waals surface area contributed by atoms with Crippen LogP contribution in [0.15, 0.2) is 279 Å². The Kier molecular flexibility index (Phi) is 12.0. The first-order valence-electron chi connectivity index (χ1n) is 26.0. The van der Waals surface area contributed by atoms with Gasteiger partial charge in [-0.25, -0.2) is 15.0 Å². The molecule has 4 nitrogen and oxygen atoms in total. The minimum Gasteiger partial charge on any atom is -0.308 e. The molecule has 0 N–H and O–H groups in total. The molecule has 0 amide bonds. The van der Waals surface area contributed by atoms with E-state index in [9.17, 15) is 0 Å². The van der Waals surface area contributed by atoms with Gasteiger partial charge in [0, 0.05) is 27.5 Å². The first-order chi connectivity index (χ1) is 37.5. The van der Waals surface area contributed by atoms with Crippen LogP contribution in [-0.4, -0.2) is 27.6 Å². The second-order valence-corrected chi connectivity index (χ2v) is 23.4. The molecule has 76 heavy (non-hydrogen) atoms. The van der Waals surface area contributed by atoms with Crippen molar-refractivity contribution in [3.63, 3.8) is 0 Å². The van der Waals surface area contributed by atoms with Crippen LogP contribution >= 0.6 is 0 Å². The molecular formula is C71H52N4Si. The quantitative estimate of drug-likeness (QED) is 0.0958. The van der Waals surface area contributed by atoms with E-state index >= 15 is 0 Å². The van der Waals surface area contributed by atoms with Gasteiger partial charge in [0.1, 0.15) is 0 Å². The summed E-state index contributed by atoms with van der Waals surface area (Å²) in [7, 11) is -2.85. The topological polar surface area (TPSA) is 43.6 Å². The Morgan fingerprint density at radius 3 is 1.13 bits per heavy atom. The van der Waals surface area contributed by atoms with Crippen molar-refractivity contribution in [2.24, 2.45) is 0 Å². The molecular weight excluding hydrogens is 937 g/mol. The summed E-state index contributed by atoms with van der Waals surface area (Å²) in [5, 5.41) is 7.64. The number of fused-ring (bicyclic) bond motifs is 3. The molecule has 13 rings (SSSR count). The number of benzene rings is 11. The predicted octanol–water partition coefficient (Wildman–Crippen LogP) is 15.0. The fourth-order valence-electron chi connectivity index (χ4n) is 11.4. The number of nitrogens with zero attached hydrogens (tertiary/aromatic N) is 4. The van der Waals surface area contributed by atoms with Gasteiger partial charge in [-0.15, -0.1) is 0 Å². The molecule has 0 unspecified atom stereocenters. The molecule has 0 aliphatic rings. The lowest BCUT2D eigenvalue weighted by atomic mass is 9.97. The van der Waals surface area contributed by atoms with Crippen molar-refractivity contribution in [1.29, 1.82) is 0 Å². The average molecular weight is 989 g/mol. The molecule has 0 fully saturated rings. The summed E-state index contributed by atoms with van der Waals surface area (Å²) in [6.07, 6.45) is 0. The van der Waals surface area contributed by atoms with E-state index in [1.54, 1.807) is 0 Å². The monoisotopic (exact) mass is 988 g/mol. The molecule has 11 aromatic carbocycles. The first kappa shape index (κ1) is 46.2. The zero-order valence-electron chi connectivity index (χ0n) is 42.3. The van der Waals surface area contributed by atoms with Gasteiger partial charge in [-0.1, -0.05) is 243 Å². The molecule has 13 aromatic rings. The van der Waals surface area contributed by atoms with E-state index in [2.05, 4.69) is 261 Å². The Hall–Kier alpha value is -9.55. The maximum atomic E-state index is 5.38. The molecule has 0 aliphatic carbocycles. The van der Waals surface area contributed by atoms with E-state index in [4.69, 9.17) is 15.0 Å². The lowest BCUT2D eigenvalue weighted by Crippen LogP contribution is -2.74. The Morgan fingerprint density at radius 1 is 0.276 bits per heavy atom. The molecule has 0 aliphatic heterocycles. The average Bonchev–Trinajstić information content (AvgIpc) is 3.85. The smallest absolute Gasteiger partial charge is 0.179 e. The highest BCUT2D eigenvalue weighted by atomic mass is 28.3. The van der Waals surface area contributed by atoms with Crippen molar-refractivity contribution in [1.82, 2.24) is 19.5 Å². The fraction of sp³-hybridized carbons (Fsp3) is 0.0282. The molecule has 5 heteroatoms. The van der Waals surface area contributed by atoms with Crippen LogP contribution in [0, 0.1) is 13.8 Å². The minimum absolute atomic E-state index is 0.592. The number of aromatic nitrogens is 4. The molecule has 2 heterocycles. The maximum Gasteiger partial charge on any atom is 0.179 e. The summed E-state index contributed by atoms with van der Waals surface area (Å²) in [4.78, 5) is 15.9. The molecule has 360 valence electrons. The first-order valence-corrected chi connectivity index (χ1v) is 28.0. The molecule has 0 saturated carbocycles. The second kappa shape index (κ2) is 19.7. The normalized spacial score (nSPS) is 11.6. The van der Waals surface area contributed by atoms with Crippen LogP contribution in [0.1, 0.15) is 11.1 Å². The lowest BCUT2D eigenvalue weighted by Gasteiger charge is -2.34. The summed E-state index contributed by atoms with van der Waals surface area (Å²) < 4.78 is 2.45. The summed E-state index contributed by atoms with van der Waals surface area (Å²) in [6, 6.07) is 101. The highest BCUT2D eigenvalue weighted by Gasteiger charge is 2.41. The summed E-state index contributed by atoms with van der Waals surface area (Å²) >= 11 is 0. The third kappa shape index (κ3) is 8.24. The van der Waals surface area contributed by atoms with Crippen molar-refractivity contribution in [3.05, 3.63) is 290 Å².